The second kappa shape index (κ2) is 7.05. The molecule has 0 saturated carbocycles. The molecule has 0 radical (unpaired) electrons. The number of methoxy groups -OCH3 is 2. The first-order chi connectivity index (χ1) is 11.0. The van der Waals surface area contributed by atoms with Gasteiger partial charge in [0.2, 0.25) is 0 Å². The van der Waals surface area contributed by atoms with Crippen LogP contribution in [0, 0.1) is 6.92 Å². The number of benzene rings is 2. The van der Waals surface area contributed by atoms with Gasteiger partial charge in [0.05, 0.1) is 14.2 Å². The molecule has 122 valence electrons. The van der Waals surface area contributed by atoms with E-state index in [4.69, 9.17) is 9.47 Å². The van der Waals surface area contributed by atoms with Crippen LogP contribution in [-0.2, 0) is 0 Å². The third-order valence-corrected chi connectivity index (χ3v) is 3.58. The second-order valence-corrected chi connectivity index (χ2v) is 5.42. The second-order valence-electron chi connectivity index (χ2n) is 5.42. The summed E-state index contributed by atoms with van der Waals surface area (Å²) in [5.41, 5.74) is 3.41. The van der Waals surface area contributed by atoms with Crippen LogP contribution in [0.3, 0.4) is 0 Å². The number of ether oxygens (including phenoxy) is 2. The minimum absolute atomic E-state index is 0.161. The molecule has 0 fully saturated rings. The summed E-state index contributed by atoms with van der Waals surface area (Å²) in [6.45, 7) is 1.99. The van der Waals surface area contributed by atoms with Crippen LogP contribution >= 0.6 is 0 Å². The summed E-state index contributed by atoms with van der Waals surface area (Å²) in [4.78, 5) is 14.4. The fourth-order valence-corrected chi connectivity index (χ4v) is 2.42. The van der Waals surface area contributed by atoms with E-state index in [-0.39, 0.29) is 5.91 Å². The highest BCUT2D eigenvalue weighted by atomic mass is 16.5. The maximum atomic E-state index is 12.4. The number of carbonyl (C=O) groups is 1. The van der Waals surface area contributed by atoms with Crippen LogP contribution in [-0.4, -0.2) is 34.2 Å². The van der Waals surface area contributed by atoms with Gasteiger partial charge in [0, 0.05) is 37.1 Å². The molecule has 0 saturated heterocycles. The van der Waals surface area contributed by atoms with E-state index in [2.05, 4.69) is 5.32 Å². The zero-order valence-electron chi connectivity index (χ0n) is 14.1. The summed E-state index contributed by atoms with van der Waals surface area (Å²) in [6, 6.07) is 10.9. The van der Waals surface area contributed by atoms with Crippen molar-refractivity contribution in [3.05, 3.63) is 47.5 Å². The van der Waals surface area contributed by atoms with Crippen molar-refractivity contribution >= 4 is 17.3 Å². The molecule has 0 aliphatic heterocycles. The maximum absolute atomic E-state index is 12.4. The van der Waals surface area contributed by atoms with E-state index in [9.17, 15) is 4.79 Å². The molecule has 5 nitrogen and oxygen atoms in total. The van der Waals surface area contributed by atoms with Crippen LogP contribution in [0.25, 0.3) is 0 Å². The van der Waals surface area contributed by atoms with Gasteiger partial charge in [0.25, 0.3) is 5.91 Å². The zero-order valence-corrected chi connectivity index (χ0v) is 14.1. The smallest absolute Gasteiger partial charge is 0.255 e. The van der Waals surface area contributed by atoms with E-state index in [1.54, 1.807) is 32.4 Å². The third-order valence-electron chi connectivity index (χ3n) is 3.58. The summed E-state index contributed by atoms with van der Waals surface area (Å²) in [5, 5.41) is 2.87. The highest BCUT2D eigenvalue weighted by molar-refractivity contribution is 6.04. The lowest BCUT2D eigenvalue weighted by molar-refractivity contribution is 0.102. The molecule has 5 heteroatoms. The largest absolute Gasteiger partial charge is 0.493 e. The molecule has 1 N–H and O–H groups in total. The Hall–Kier alpha value is -2.69. The van der Waals surface area contributed by atoms with E-state index >= 15 is 0 Å². The van der Waals surface area contributed by atoms with Crippen molar-refractivity contribution in [3.8, 4) is 11.5 Å². The summed E-state index contributed by atoms with van der Waals surface area (Å²) >= 11 is 0. The summed E-state index contributed by atoms with van der Waals surface area (Å²) in [5.74, 6) is 1.03. The molecule has 0 heterocycles. The number of anilines is 2. The van der Waals surface area contributed by atoms with Crippen molar-refractivity contribution in [3.63, 3.8) is 0 Å². The van der Waals surface area contributed by atoms with Crippen molar-refractivity contribution in [1.29, 1.82) is 0 Å². The van der Waals surface area contributed by atoms with Gasteiger partial charge in [-0.1, -0.05) is 0 Å². The van der Waals surface area contributed by atoms with Gasteiger partial charge in [-0.15, -0.1) is 0 Å². The van der Waals surface area contributed by atoms with Gasteiger partial charge in [-0.05, 0) is 42.8 Å². The fraction of sp³-hybridized carbons (Fsp3) is 0.278. The van der Waals surface area contributed by atoms with Gasteiger partial charge in [-0.2, -0.15) is 0 Å². The number of rotatable bonds is 5. The van der Waals surface area contributed by atoms with Crippen molar-refractivity contribution in [1.82, 2.24) is 0 Å². The molecule has 2 rings (SSSR count). The topological polar surface area (TPSA) is 50.8 Å². The van der Waals surface area contributed by atoms with Crippen molar-refractivity contribution < 1.29 is 14.3 Å². The number of amides is 1. The first kappa shape index (κ1) is 16.7. The predicted molar refractivity (Wildman–Crippen MR) is 93.0 cm³/mol. The van der Waals surface area contributed by atoms with Crippen LogP contribution in [0.15, 0.2) is 36.4 Å². The lowest BCUT2D eigenvalue weighted by atomic mass is 10.1. The van der Waals surface area contributed by atoms with E-state index in [0.29, 0.717) is 22.7 Å². The Bertz CT molecular complexity index is 711. The van der Waals surface area contributed by atoms with E-state index in [0.717, 1.165) is 11.3 Å². The minimum Gasteiger partial charge on any atom is -0.493 e. The maximum Gasteiger partial charge on any atom is 0.255 e. The lowest BCUT2D eigenvalue weighted by Crippen LogP contribution is -2.14. The van der Waals surface area contributed by atoms with Crippen LogP contribution in [0.5, 0.6) is 11.5 Å². The van der Waals surface area contributed by atoms with Crippen LogP contribution in [0.2, 0.25) is 0 Å². The predicted octanol–water partition coefficient (Wildman–Crippen LogP) is 3.33. The highest BCUT2D eigenvalue weighted by Crippen LogP contribution is 2.30. The Morgan fingerprint density at radius 2 is 1.70 bits per heavy atom. The molecule has 2 aromatic carbocycles. The SMILES string of the molecule is COc1ccc(NC(=O)c2ccc(N(C)C)c(C)c2)cc1OC. The van der Waals surface area contributed by atoms with Crippen LogP contribution < -0.4 is 19.7 Å². The monoisotopic (exact) mass is 314 g/mol. The summed E-state index contributed by atoms with van der Waals surface area (Å²) in [7, 11) is 7.09. The van der Waals surface area contributed by atoms with Gasteiger partial charge in [-0.3, -0.25) is 4.79 Å². The van der Waals surface area contributed by atoms with Crippen molar-refractivity contribution in [2.75, 3.05) is 38.5 Å². The number of aryl methyl sites for hydroxylation is 1. The number of carbonyl (C=O) groups excluding carboxylic acids is 1. The molecule has 23 heavy (non-hydrogen) atoms. The molecule has 2 aromatic rings. The first-order valence-electron chi connectivity index (χ1n) is 7.27. The zero-order chi connectivity index (χ0) is 17.0. The van der Waals surface area contributed by atoms with Gasteiger partial charge >= 0.3 is 0 Å². The van der Waals surface area contributed by atoms with Crippen molar-refractivity contribution in [2.45, 2.75) is 6.92 Å². The molecule has 0 aliphatic rings. The minimum atomic E-state index is -0.161. The molecular formula is C18H22N2O3. The van der Waals surface area contributed by atoms with Crippen molar-refractivity contribution in [2.24, 2.45) is 0 Å². The average molecular weight is 314 g/mol. The Balaban J connectivity index is 2.20. The molecule has 0 unspecified atom stereocenters. The summed E-state index contributed by atoms with van der Waals surface area (Å²) < 4.78 is 10.4. The quantitative estimate of drug-likeness (QED) is 0.920. The van der Waals surface area contributed by atoms with Gasteiger partial charge in [-0.25, -0.2) is 0 Å². The lowest BCUT2D eigenvalue weighted by Gasteiger charge is -2.16. The Labute approximate surface area is 136 Å². The highest BCUT2D eigenvalue weighted by Gasteiger charge is 2.11. The summed E-state index contributed by atoms with van der Waals surface area (Å²) in [6.07, 6.45) is 0. The normalized spacial score (nSPS) is 10.1. The standard InChI is InChI=1S/C18H22N2O3/c1-12-10-13(6-8-15(12)20(2)3)18(21)19-14-7-9-16(22-4)17(11-14)23-5/h6-11H,1-5H3,(H,19,21). The Morgan fingerprint density at radius 1 is 1.00 bits per heavy atom. The van der Waals surface area contributed by atoms with E-state index in [1.165, 1.54) is 0 Å². The average Bonchev–Trinajstić information content (AvgIpc) is 2.54. The molecule has 0 aromatic heterocycles. The number of nitrogens with zero attached hydrogens (tertiary/aromatic N) is 1. The molecule has 0 atom stereocenters. The Morgan fingerprint density at radius 3 is 2.26 bits per heavy atom. The van der Waals surface area contributed by atoms with Gasteiger partial charge in [0.15, 0.2) is 11.5 Å². The molecule has 1 amide bonds. The van der Waals surface area contributed by atoms with Gasteiger partial charge in [0.1, 0.15) is 0 Å². The molecular weight excluding hydrogens is 292 g/mol. The first-order valence-corrected chi connectivity index (χ1v) is 7.27. The number of nitrogens with one attached hydrogen (secondary N) is 1. The fourth-order valence-electron chi connectivity index (χ4n) is 2.42. The molecule has 0 aliphatic carbocycles. The van der Waals surface area contributed by atoms with Crippen LogP contribution in [0.1, 0.15) is 15.9 Å². The van der Waals surface area contributed by atoms with E-state index < -0.39 is 0 Å². The third kappa shape index (κ3) is 3.74. The molecule has 0 bridgehead atoms. The van der Waals surface area contributed by atoms with Gasteiger partial charge < -0.3 is 19.7 Å². The van der Waals surface area contributed by atoms with Crippen LogP contribution in [0.4, 0.5) is 11.4 Å². The molecule has 0 spiro atoms. The van der Waals surface area contributed by atoms with E-state index in [1.807, 2.05) is 44.1 Å². The number of hydrogen-bond acceptors (Lipinski definition) is 4. The Kier molecular flexibility index (Phi) is 5.11. The number of hydrogen-bond donors (Lipinski definition) is 1.